The summed E-state index contributed by atoms with van der Waals surface area (Å²) in [5.74, 6) is -0.803. The van der Waals surface area contributed by atoms with Crippen LogP contribution in [0, 0.1) is 5.82 Å². The summed E-state index contributed by atoms with van der Waals surface area (Å²) in [6.07, 6.45) is 6.74. The van der Waals surface area contributed by atoms with Crippen LogP contribution in [0.25, 0.3) is 22.4 Å². The molecule has 3 aliphatic rings. The lowest BCUT2D eigenvalue weighted by Gasteiger charge is -2.52. The van der Waals surface area contributed by atoms with Crippen molar-refractivity contribution in [2.24, 2.45) is 0 Å². The Kier molecular flexibility index (Phi) is 5.11. The lowest BCUT2D eigenvalue weighted by atomic mass is 9.74. The molecule has 1 saturated carbocycles. The molecule has 0 spiro atoms. The number of hydrogen-bond acceptors (Lipinski definition) is 8. The van der Waals surface area contributed by atoms with Gasteiger partial charge in [-0.05, 0) is 63.1 Å². The molecule has 4 heterocycles. The summed E-state index contributed by atoms with van der Waals surface area (Å²) in [6, 6.07) is 5.27. The van der Waals surface area contributed by atoms with E-state index in [0.717, 1.165) is 44.4 Å². The average Bonchev–Trinajstić information content (AvgIpc) is 3.73. The number of ether oxygens (including phenoxy) is 1. The van der Waals surface area contributed by atoms with Gasteiger partial charge in [0.25, 0.3) is 0 Å². The fourth-order valence-electron chi connectivity index (χ4n) is 5.86. The van der Waals surface area contributed by atoms with E-state index in [1.807, 2.05) is 4.90 Å². The average molecular weight is 512 g/mol. The Bertz CT molecular complexity index is 1410. The zero-order chi connectivity index (χ0) is 28.2. The second kappa shape index (κ2) is 9.16. The SMILES string of the molecule is [2H]C([2H])([2H])Oc1cc(-c2ccc(-c3cnc(N(C4CC4)[C@@H]4C[C@@]5(C)CCC[C@H](N5)[C@@H]4F)nn3)c(O)c2)c(F)cn1. The minimum absolute atomic E-state index is 0.0111. The van der Waals surface area contributed by atoms with E-state index in [1.54, 1.807) is 12.1 Å². The highest BCUT2D eigenvalue weighted by Crippen LogP contribution is 2.42. The number of nitrogens with one attached hydrogen (secondary N) is 1. The lowest BCUT2D eigenvalue weighted by molar-refractivity contribution is 0.0582. The Balaban J connectivity index is 1.25. The summed E-state index contributed by atoms with van der Waals surface area (Å²) in [7, 11) is -2.74. The van der Waals surface area contributed by atoms with Gasteiger partial charge >= 0.3 is 0 Å². The molecule has 0 amide bonds. The van der Waals surface area contributed by atoms with Crippen LogP contribution in [0.4, 0.5) is 14.7 Å². The number of piperidine rings is 2. The molecule has 4 atom stereocenters. The van der Waals surface area contributed by atoms with Gasteiger partial charge in [-0.3, -0.25) is 0 Å². The predicted octanol–water partition coefficient (Wildman–Crippen LogP) is 4.43. The molecule has 0 radical (unpaired) electrons. The van der Waals surface area contributed by atoms with Crippen LogP contribution in [0.15, 0.2) is 36.7 Å². The molecule has 1 aromatic carbocycles. The van der Waals surface area contributed by atoms with E-state index in [2.05, 4.69) is 32.4 Å². The number of alkyl halides is 1. The summed E-state index contributed by atoms with van der Waals surface area (Å²) in [4.78, 5) is 10.2. The number of phenols is 1. The van der Waals surface area contributed by atoms with Crippen molar-refractivity contribution in [3.05, 3.63) is 42.5 Å². The van der Waals surface area contributed by atoms with Crippen molar-refractivity contribution in [2.75, 3.05) is 11.9 Å². The van der Waals surface area contributed by atoms with Crippen LogP contribution in [0.5, 0.6) is 11.6 Å². The number of aromatic hydroxyl groups is 1. The molecular formula is C27H30F2N6O2. The van der Waals surface area contributed by atoms with E-state index in [4.69, 9.17) is 8.85 Å². The molecule has 8 nitrogen and oxygen atoms in total. The normalized spacial score (nSPS) is 28.6. The summed E-state index contributed by atoms with van der Waals surface area (Å²) < 4.78 is 56.6. The Morgan fingerprint density at radius 2 is 2.03 bits per heavy atom. The van der Waals surface area contributed by atoms with Crippen molar-refractivity contribution in [1.82, 2.24) is 25.5 Å². The Morgan fingerprint density at radius 1 is 1.16 bits per heavy atom. The number of rotatable bonds is 6. The fraction of sp³-hybridized carbons (Fsp3) is 0.481. The van der Waals surface area contributed by atoms with Gasteiger partial charge in [0.1, 0.15) is 23.4 Å². The number of hydrogen-bond donors (Lipinski definition) is 2. The van der Waals surface area contributed by atoms with Crippen molar-refractivity contribution in [3.63, 3.8) is 0 Å². The molecule has 2 bridgehead atoms. The largest absolute Gasteiger partial charge is 0.507 e. The molecular weight excluding hydrogens is 478 g/mol. The second-order valence-electron chi connectivity index (χ2n) is 10.5. The van der Waals surface area contributed by atoms with Gasteiger partial charge in [-0.1, -0.05) is 6.07 Å². The van der Waals surface area contributed by atoms with E-state index in [0.29, 0.717) is 23.6 Å². The summed E-state index contributed by atoms with van der Waals surface area (Å²) >= 11 is 0. The Hall–Kier alpha value is -3.40. The van der Waals surface area contributed by atoms with Crippen LogP contribution < -0.4 is 15.0 Å². The van der Waals surface area contributed by atoms with E-state index in [9.17, 15) is 9.50 Å². The van der Waals surface area contributed by atoms with Gasteiger partial charge in [-0.25, -0.2) is 18.7 Å². The summed E-state index contributed by atoms with van der Waals surface area (Å²) in [5, 5.41) is 22.9. The van der Waals surface area contributed by atoms with Crippen LogP contribution in [0.2, 0.25) is 0 Å². The highest BCUT2D eigenvalue weighted by molar-refractivity contribution is 5.74. The third-order valence-electron chi connectivity index (χ3n) is 7.79. The molecule has 10 heteroatoms. The minimum atomic E-state index is -2.74. The van der Waals surface area contributed by atoms with Gasteiger partial charge in [0.05, 0.1) is 29.6 Å². The van der Waals surface area contributed by atoms with Crippen LogP contribution in [-0.4, -0.2) is 62.1 Å². The number of halogens is 2. The third-order valence-corrected chi connectivity index (χ3v) is 7.79. The second-order valence-corrected chi connectivity index (χ2v) is 10.5. The molecule has 37 heavy (non-hydrogen) atoms. The van der Waals surface area contributed by atoms with E-state index < -0.39 is 19.0 Å². The first-order valence-corrected chi connectivity index (χ1v) is 12.6. The number of anilines is 1. The Labute approximate surface area is 218 Å². The third kappa shape index (κ3) is 4.47. The highest BCUT2D eigenvalue weighted by atomic mass is 19.1. The number of fused-ring (bicyclic) bond motifs is 2. The predicted molar refractivity (Wildman–Crippen MR) is 135 cm³/mol. The van der Waals surface area contributed by atoms with Crippen molar-refractivity contribution in [2.45, 2.75) is 75.3 Å². The smallest absolute Gasteiger partial charge is 0.245 e. The van der Waals surface area contributed by atoms with Gasteiger partial charge in [-0.2, -0.15) is 0 Å². The molecule has 2 N–H and O–H groups in total. The number of benzene rings is 1. The van der Waals surface area contributed by atoms with Crippen molar-refractivity contribution in [1.29, 1.82) is 0 Å². The summed E-state index contributed by atoms with van der Waals surface area (Å²) in [5.41, 5.74) is 0.813. The van der Waals surface area contributed by atoms with Gasteiger partial charge in [0.15, 0.2) is 0 Å². The minimum Gasteiger partial charge on any atom is -0.507 e. The molecule has 3 fully saturated rings. The molecule has 2 saturated heterocycles. The topological polar surface area (TPSA) is 96.3 Å². The quantitative estimate of drug-likeness (QED) is 0.502. The molecule has 0 unspecified atom stereocenters. The monoisotopic (exact) mass is 511 g/mol. The van der Waals surface area contributed by atoms with E-state index in [-0.39, 0.29) is 46.4 Å². The van der Waals surface area contributed by atoms with Gasteiger partial charge in [0.2, 0.25) is 11.8 Å². The van der Waals surface area contributed by atoms with Crippen molar-refractivity contribution >= 4 is 5.95 Å². The zero-order valence-corrected chi connectivity index (χ0v) is 20.4. The van der Waals surface area contributed by atoms with Gasteiger partial charge < -0.3 is 20.1 Å². The number of methoxy groups -OCH3 is 1. The maximum atomic E-state index is 15.6. The lowest BCUT2D eigenvalue weighted by Crippen LogP contribution is -2.67. The van der Waals surface area contributed by atoms with Crippen LogP contribution in [0.1, 0.15) is 49.6 Å². The van der Waals surface area contributed by atoms with Crippen LogP contribution in [-0.2, 0) is 0 Å². The highest BCUT2D eigenvalue weighted by Gasteiger charge is 2.50. The van der Waals surface area contributed by atoms with E-state index >= 15 is 4.39 Å². The number of pyridine rings is 1. The molecule has 1 aliphatic carbocycles. The first-order chi connectivity index (χ1) is 19.0. The van der Waals surface area contributed by atoms with Crippen molar-refractivity contribution < 1.29 is 22.7 Å². The number of phenolic OH excluding ortho intramolecular Hbond substituents is 1. The number of aromatic nitrogens is 4. The summed E-state index contributed by atoms with van der Waals surface area (Å²) in [6.45, 7) is 2.16. The first kappa shape index (κ1) is 20.6. The molecule has 194 valence electrons. The fourth-order valence-corrected chi connectivity index (χ4v) is 5.86. The first-order valence-electron chi connectivity index (χ1n) is 14.1. The maximum Gasteiger partial charge on any atom is 0.245 e. The van der Waals surface area contributed by atoms with Gasteiger partial charge in [-0.15, -0.1) is 10.2 Å². The maximum absolute atomic E-state index is 15.6. The molecule has 6 rings (SSSR count). The number of nitrogens with zero attached hydrogens (tertiary/aromatic N) is 5. The molecule has 2 aromatic heterocycles. The van der Waals surface area contributed by atoms with Crippen molar-refractivity contribution in [3.8, 4) is 34.0 Å². The molecule has 2 aliphatic heterocycles. The van der Waals surface area contributed by atoms with E-state index in [1.165, 1.54) is 12.3 Å². The van der Waals surface area contributed by atoms with Crippen LogP contribution >= 0.6 is 0 Å². The van der Waals surface area contributed by atoms with Gasteiger partial charge in [0, 0.05) is 34.8 Å². The Morgan fingerprint density at radius 3 is 2.76 bits per heavy atom. The molecule has 3 aromatic rings. The standard InChI is InChI=1S/C27H30F2N6O2/c1-27-9-3-4-20(32-27)25(29)22(12-27)35(16-6-7-16)26-31-14-21(33-34-26)17-8-5-15(10-23(17)36)18-11-24(37-2)30-13-19(18)28/h5,8,10-11,13-14,16,20,22,25,32,36H,3-4,6-7,9,12H2,1-2H3/t20-,22+,25-,27+/m0/s1/i2D3. The zero-order valence-electron chi connectivity index (χ0n) is 23.4. The van der Waals surface area contributed by atoms with Crippen LogP contribution in [0.3, 0.4) is 0 Å².